The number of Topliss-reactive ketones (excluding diaryl/α,β-unsaturated/α-hetero) is 2. The van der Waals surface area contributed by atoms with Crippen molar-refractivity contribution < 1.29 is 9.59 Å². The van der Waals surface area contributed by atoms with Crippen LogP contribution in [0.2, 0.25) is 0 Å². The van der Waals surface area contributed by atoms with Crippen molar-refractivity contribution in [1.82, 2.24) is 9.80 Å². The molecule has 3 fully saturated rings. The number of ketones is 2. The van der Waals surface area contributed by atoms with Crippen molar-refractivity contribution in [2.45, 2.75) is 90.9 Å². The van der Waals surface area contributed by atoms with E-state index < -0.39 is 0 Å². The van der Waals surface area contributed by atoms with E-state index in [-0.39, 0.29) is 17.6 Å². The average molecular weight is 545 g/mol. The normalized spacial score (nSPS) is 20.1. The zero-order valence-electron chi connectivity index (χ0n) is 25.4. The fourth-order valence-electron chi connectivity index (χ4n) is 6.70. The van der Waals surface area contributed by atoms with Crippen LogP contribution in [-0.4, -0.2) is 60.6 Å². The third-order valence-electron chi connectivity index (χ3n) is 9.28. The SMILES string of the molecule is CC(CN1CCCC1)C(=O)c1ccc(C2CCCCC2)cc1.CCc1ccc(C(=O)C(C)CN2CCCC2)cc1. The van der Waals surface area contributed by atoms with Crippen LogP contribution in [0, 0.1) is 11.8 Å². The van der Waals surface area contributed by atoms with E-state index in [0.717, 1.165) is 62.7 Å². The van der Waals surface area contributed by atoms with Gasteiger partial charge in [-0.3, -0.25) is 9.59 Å². The van der Waals surface area contributed by atoms with Crippen LogP contribution in [0.15, 0.2) is 48.5 Å². The Morgan fingerprint density at radius 2 is 1.07 bits per heavy atom. The fourth-order valence-corrected chi connectivity index (χ4v) is 6.70. The Kier molecular flexibility index (Phi) is 12.0. The number of hydrogen-bond acceptors (Lipinski definition) is 4. The van der Waals surface area contributed by atoms with Crippen LogP contribution in [-0.2, 0) is 6.42 Å². The third-order valence-corrected chi connectivity index (χ3v) is 9.28. The number of aryl methyl sites for hydroxylation is 1. The Bertz CT molecular complexity index is 1040. The maximum absolute atomic E-state index is 12.6. The number of carbonyl (C=O) groups excluding carboxylic acids is 2. The van der Waals surface area contributed by atoms with Crippen molar-refractivity contribution in [3.63, 3.8) is 0 Å². The number of nitrogens with zero attached hydrogens (tertiary/aromatic N) is 2. The molecule has 2 unspecified atom stereocenters. The van der Waals surface area contributed by atoms with Gasteiger partial charge in [0.2, 0.25) is 0 Å². The van der Waals surface area contributed by atoms with Crippen molar-refractivity contribution in [3.8, 4) is 0 Å². The van der Waals surface area contributed by atoms with E-state index in [0.29, 0.717) is 5.78 Å². The largest absolute Gasteiger partial charge is 0.303 e. The predicted octanol–water partition coefficient (Wildman–Crippen LogP) is 7.81. The van der Waals surface area contributed by atoms with Gasteiger partial charge < -0.3 is 9.80 Å². The molecule has 3 aliphatic rings. The Hall–Kier alpha value is -2.30. The summed E-state index contributed by atoms with van der Waals surface area (Å²) in [6, 6.07) is 16.6. The highest BCUT2D eigenvalue weighted by Crippen LogP contribution is 2.32. The molecule has 4 nitrogen and oxygen atoms in total. The van der Waals surface area contributed by atoms with Crippen LogP contribution in [0.5, 0.6) is 0 Å². The molecule has 218 valence electrons. The second-order valence-corrected chi connectivity index (χ2v) is 12.6. The molecule has 0 aromatic heterocycles. The first-order valence-corrected chi connectivity index (χ1v) is 16.2. The summed E-state index contributed by atoms with van der Waals surface area (Å²) < 4.78 is 0. The highest BCUT2D eigenvalue weighted by atomic mass is 16.1. The quantitative estimate of drug-likeness (QED) is 0.286. The lowest BCUT2D eigenvalue weighted by Crippen LogP contribution is -2.29. The third kappa shape index (κ3) is 8.85. The van der Waals surface area contributed by atoms with Crippen LogP contribution >= 0.6 is 0 Å². The van der Waals surface area contributed by atoms with Gasteiger partial charge >= 0.3 is 0 Å². The highest BCUT2D eigenvalue weighted by molar-refractivity contribution is 5.98. The standard InChI is InChI=1S/C20H29NO.C16H23NO/c1-16(15-21-13-5-6-14-21)20(22)19-11-9-18(10-12-19)17-7-3-2-4-8-17;1-3-14-6-8-15(9-7-14)16(18)13(2)12-17-10-4-5-11-17/h9-12,16-17H,2-8,13-15H2,1H3;6-9,13H,3-5,10-12H2,1-2H3. The van der Waals surface area contributed by atoms with Crippen molar-refractivity contribution in [1.29, 1.82) is 0 Å². The molecule has 0 N–H and O–H groups in total. The maximum Gasteiger partial charge on any atom is 0.166 e. The van der Waals surface area contributed by atoms with Crippen molar-refractivity contribution in [2.24, 2.45) is 11.8 Å². The number of carbonyl (C=O) groups is 2. The first-order chi connectivity index (χ1) is 19.4. The second-order valence-electron chi connectivity index (χ2n) is 12.6. The van der Waals surface area contributed by atoms with Gasteiger partial charge in [0.25, 0.3) is 0 Å². The van der Waals surface area contributed by atoms with Crippen molar-refractivity contribution in [2.75, 3.05) is 39.3 Å². The van der Waals surface area contributed by atoms with Crippen LogP contribution in [0.3, 0.4) is 0 Å². The minimum atomic E-state index is 0.107. The molecule has 2 saturated heterocycles. The number of hydrogen-bond donors (Lipinski definition) is 0. The van der Waals surface area contributed by atoms with Crippen LogP contribution in [0.4, 0.5) is 0 Å². The lowest BCUT2D eigenvalue weighted by Gasteiger charge is -2.22. The molecule has 2 aromatic carbocycles. The van der Waals surface area contributed by atoms with E-state index in [9.17, 15) is 9.59 Å². The van der Waals surface area contributed by atoms with Crippen LogP contribution in [0.1, 0.15) is 116 Å². The molecule has 0 radical (unpaired) electrons. The van der Waals surface area contributed by atoms with Crippen molar-refractivity contribution in [3.05, 3.63) is 70.8 Å². The van der Waals surface area contributed by atoms with Gasteiger partial charge in [-0.25, -0.2) is 0 Å². The fraction of sp³-hybridized carbons (Fsp3) is 0.611. The summed E-state index contributed by atoms with van der Waals surface area (Å²) in [5, 5.41) is 0. The van der Waals surface area contributed by atoms with E-state index in [4.69, 9.17) is 0 Å². The van der Waals surface area contributed by atoms with Gasteiger partial charge in [-0.2, -0.15) is 0 Å². The Balaban J connectivity index is 0.000000189. The summed E-state index contributed by atoms with van der Waals surface area (Å²) in [5.74, 6) is 1.53. The lowest BCUT2D eigenvalue weighted by molar-refractivity contribution is 0.0895. The van der Waals surface area contributed by atoms with Gasteiger partial charge in [-0.15, -0.1) is 0 Å². The number of likely N-dealkylation sites (tertiary alicyclic amines) is 2. The monoisotopic (exact) mass is 544 g/mol. The smallest absolute Gasteiger partial charge is 0.166 e. The molecule has 2 heterocycles. The lowest BCUT2D eigenvalue weighted by atomic mass is 9.83. The van der Waals surface area contributed by atoms with Gasteiger partial charge in [0.1, 0.15) is 0 Å². The first kappa shape index (κ1) is 30.7. The molecule has 1 saturated carbocycles. The minimum absolute atomic E-state index is 0.107. The summed E-state index contributed by atoms with van der Waals surface area (Å²) in [7, 11) is 0. The molecular formula is C36H52N2O2. The number of benzene rings is 2. The van der Waals surface area contributed by atoms with E-state index in [1.807, 2.05) is 19.1 Å². The molecule has 0 amide bonds. The molecule has 2 atom stereocenters. The van der Waals surface area contributed by atoms with Gasteiger partial charge in [0.05, 0.1) is 0 Å². The van der Waals surface area contributed by atoms with E-state index >= 15 is 0 Å². The molecule has 4 heteroatoms. The molecule has 2 aliphatic heterocycles. The topological polar surface area (TPSA) is 40.6 Å². The summed E-state index contributed by atoms with van der Waals surface area (Å²) >= 11 is 0. The first-order valence-electron chi connectivity index (χ1n) is 16.2. The molecular weight excluding hydrogens is 492 g/mol. The molecule has 0 spiro atoms. The Labute approximate surface area is 243 Å². The Morgan fingerprint density at radius 1 is 0.650 bits per heavy atom. The second kappa shape index (κ2) is 15.6. The number of rotatable bonds is 10. The minimum Gasteiger partial charge on any atom is -0.303 e. The molecule has 2 aromatic rings. The molecule has 1 aliphatic carbocycles. The van der Waals surface area contributed by atoms with E-state index in [2.05, 4.69) is 60.0 Å². The molecule has 0 bridgehead atoms. The average Bonchev–Trinajstić information content (AvgIpc) is 3.72. The van der Waals surface area contributed by atoms with E-state index in [1.165, 1.54) is 68.9 Å². The summed E-state index contributed by atoms with van der Waals surface area (Å²) in [5.41, 5.74) is 4.48. The summed E-state index contributed by atoms with van der Waals surface area (Å²) in [6.45, 7) is 12.7. The Morgan fingerprint density at radius 3 is 1.50 bits per heavy atom. The van der Waals surface area contributed by atoms with Crippen molar-refractivity contribution >= 4 is 11.6 Å². The molecule has 40 heavy (non-hydrogen) atoms. The summed E-state index contributed by atoms with van der Waals surface area (Å²) in [6.07, 6.45) is 12.9. The van der Waals surface area contributed by atoms with Gasteiger partial charge in [0.15, 0.2) is 11.6 Å². The van der Waals surface area contributed by atoms with Crippen LogP contribution < -0.4 is 0 Å². The maximum atomic E-state index is 12.6. The highest BCUT2D eigenvalue weighted by Gasteiger charge is 2.22. The van der Waals surface area contributed by atoms with Crippen LogP contribution in [0.25, 0.3) is 0 Å². The van der Waals surface area contributed by atoms with E-state index in [1.54, 1.807) is 0 Å². The van der Waals surface area contributed by atoms with Gasteiger partial charge in [-0.1, -0.05) is 88.6 Å². The van der Waals surface area contributed by atoms with Gasteiger partial charge in [-0.05, 0) is 88.2 Å². The predicted molar refractivity (Wildman–Crippen MR) is 166 cm³/mol. The van der Waals surface area contributed by atoms with Gasteiger partial charge in [0, 0.05) is 36.1 Å². The molecule has 5 rings (SSSR count). The zero-order chi connectivity index (χ0) is 28.3. The summed E-state index contributed by atoms with van der Waals surface area (Å²) in [4.78, 5) is 29.7. The zero-order valence-corrected chi connectivity index (χ0v) is 25.4.